The third kappa shape index (κ3) is 5.01. The van der Waals surface area contributed by atoms with E-state index in [9.17, 15) is 4.79 Å². The maximum absolute atomic E-state index is 12.5. The third-order valence-electron chi connectivity index (χ3n) is 5.34. The van der Waals surface area contributed by atoms with Crippen molar-refractivity contribution in [3.8, 4) is 0 Å². The predicted octanol–water partition coefficient (Wildman–Crippen LogP) is 4.14. The number of aromatic nitrogens is 1. The van der Waals surface area contributed by atoms with Crippen molar-refractivity contribution in [3.05, 3.63) is 83.0 Å². The van der Waals surface area contributed by atoms with Crippen molar-refractivity contribution in [1.82, 2.24) is 15.2 Å². The van der Waals surface area contributed by atoms with E-state index >= 15 is 0 Å². The van der Waals surface area contributed by atoms with Crippen LogP contribution in [0.4, 0.5) is 5.69 Å². The first-order chi connectivity index (χ1) is 14.6. The van der Waals surface area contributed by atoms with Gasteiger partial charge >= 0.3 is 0 Å². The lowest BCUT2D eigenvalue weighted by Crippen LogP contribution is -2.46. The molecule has 156 valence electrons. The van der Waals surface area contributed by atoms with Crippen molar-refractivity contribution in [1.29, 1.82) is 0 Å². The molecule has 3 aromatic rings. The van der Waals surface area contributed by atoms with Crippen LogP contribution in [0.5, 0.6) is 0 Å². The van der Waals surface area contributed by atoms with Gasteiger partial charge in [0.25, 0.3) is 5.91 Å². The first kappa shape index (κ1) is 20.4. The molecule has 1 N–H and O–H groups in total. The Kier molecular flexibility index (Phi) is 6.35. The number of nitrogens with zero attached hydrogens (tertiary/aromatic N) is 3. The maximum atomic E-state index is 12.5. The molecule has 2 aromatic carbocycles. The highest BCUT2D eigenvalue weighted by Crippen LogP contribution is 2.21. The largest absolute Gasteiger partial charge is 0.447 e. The second-order valence-electron chi connectivity index (χ2n) is 7.48. The Bertz CT molecular complexity index is 984. The zero-order chi connectivity index (χ0) is 20.9. The van der Waals surface area contributed by atoms with E-state index in [2.05, 4.69) is 26.2 Å². The van der Waals surface area contributed by atoms with Crippen LogP contribution < -0.4 is 10.2 Å². The molecule has 7 heteroatoms. The van der Waals surface area contributed by atoms with Gasteiger partial charge in [0.15, 0.2) is 5.69 Å². The molecule has 2 heterocycles. The van der Waals surface area contributed by atoms with Crippen molar-refractivity contribution >= 4 is 23.2 Å². The van der Waals surface area contributed by atoms with Gasteiger partial charge in [-0.3, -0.25) is 9.69 Å². The quantitative estimate of drug-likeness (QED) is 0.644. The van der Waals surface area contributed by atoms with E-state index in [-0.39, 0.29) is 11.9 Å². The van der Waals surface area contributed by atoms with E-state index in [1.165, 1.54) is 6.26 Å². The second-order valence-corrected chi connectivity index (χ2v) is 7.91. The fraction of sp³-hybridized carbons (Fsp3) is 0.304. The molecular formula is C23H25ClN4O2. The molecule has 1 atom stereocenters. The zero-order valence-electron chi connectivity index (χ0n) is 16.9. The molecule has 0 radical (unpaired) electrons. The van der Waals surface area contributed by atoms with Crippen LogP contribution in [0.15, 0.2) is 65.3 Å². The van der Waals surface area contributed by atoms with Crippen molar-refractivity contribution < 1.29 is 9.21 Å². The molecule has 0 aliphatic carbocycles. The highest BCUT2D eigenvalue weighted by atomic mass is 35.5. The summed E-state index contributed by atoms with van der Waals surface area (Å²) >= 11 is 6.10. The fourth-order valence-corrected chi connectivity index (χ4v) is 3.80. The maximum Gasteiger partial charge on any atom is 0.273 e. The number of rotatable bonds is 6. The van der Waals surface area contributed by atoms with E-state index in [1.807, 2.05) is 55.5 Å². The van der Waals surface area contributed by atoms with Gasteiger partial charge in [0.1, 0.15) is 6.26 Å². The van der Waals surface area contributed by atoms with Gasteiger partial charge in [0, 0.05) is 36.9 Å². The number of hydrogen-bond donors (Lipinski definition) is 1. The third-order valence-corrected chi connectivity index (χ3v) is 5.57. The summed E-state index contributed by atoms with van der Waals surface area (Å²) in [5.74, 6) is 0.329. The lowest BCUT2D eigenvalue weighted by atomic mass is 10.1. The molecule has 4 rings (SSSR count). The SMILES string of the molecule is CC(NC(=O)c1coc(CN2CCN(c3cccc(Cl)c3)CC2)n1)c1ccccc1. The number of benzene rings is 2. The molecule has 1 amide bonds. The monoisotopic (exact) mass is 424 g/mol. The van der Waals surface area contributed by atoms with E-state index in [0.717, 1.165) is 42.5 Å². The smallest absolute Gasteiger partial charge is 0.273 e. The number of nitrogens with one attached hydrogen (secondary N) is 1. The van der Waals surface area contributed by atoms with E-state index < -0.39 is 0 Å². The van der Waals surface area contributed by atoms with Crippen LogP contribution in [-0.4, -0.2) is 42.0 Å². The van der Waals surface area contributed by atoms with E-state index in [0.29, 0.717) is 18.1 Å². The molecule has 1 saturated heterocycles. The van der Waals surface area contributed by atoms with Gasteiger partial charge < -0.3 is 14.6 Å². The van der Waals surface area contributed by atoms with Crippen LogP contribution in [0, 0.1) is 0 Å². The first-order valence-electron chi connectivity index (χ1n) is 10.1. The summed E-state index contributed by atoms with van der Waals surface area (Å²) in [5, 5.41) is 3.72. The Morgan fingerprint density at radius 1 is 1.13 bits per heavy atom. The second kappa shape index (κ2) is 9.32. The van der Waals surface area contributed by atoms with Gasteiger partial charge in [0.2, 0.25) is 5.89 Å². The molecule has 30 heavy (non-hydrogen) atoms. The summed E-state index contributed by atoms with van der Waals surface area (Å²) in [5.41, 5.74) is 2.50. The lowest BCUT2D eigenvalue weighted by Gasteiger charge is -2.35. The number of oxazole rings is 1. The highest BCUT2D eigenvalue weighted by Gasteiger charge is 2.21. The van der Waals surface area contributed by atoms with Gasteiger partial charge in [-0.25, -0.2) is 4.98 Å². The first-order valence-corrected chi connectivity index (χ1v) is 10.5. The van der Waals surface area contributed by atoms with Crippen LogP contribution in [0.2, 0.25) is 5.02 Å². The number of amides is 1. The van der Waals surface area contributed by atoms with E-state index in [4.69, 9.17) is 16.0 Å². The summed E-state index contributed by atoms with van der Waals surface area (Å²) < 4.78 is 5.56. The zero-order valence-corrected chi connectivity index (χ0v) is 17.7. The molecule has 1 aromatic heterocycles. The lowest BCUT2D eigenvalue weighted by molar-refractivity contribution is 0.0934. The fourth-order valence-electron chi connectivity index (χ4n) is 3.61. The van der Waals surface area contributed by atoms with Gasteiger partial charge in [-0.2, -0.15) is 0 Å². The normalized spacial score (nSPS) is 15.7. The molecule has 0 bridgehead atoms. The van der Waals surface area contributed by atoms with Gasteiger partial charge in [0.05, 0.1) is 12.6 Å². The molecule has 0 spiro atoms. The summed E-state index contributed by atoms with van der Waals surface area (Å²) in [6.45, 7) is 6.13. The van der Waals surface area contributed by atoms with Crippen LogP contribution in [0.3, 0.4) is 0 Å². The summed E-state index contributed by atoms with van der Waals surface area (Å²) in [7, 11) is 0. The number of anilines is 1. The number of halogens is 1. The van der Waals surface area contributed by atoms with Gasteiger partial charge in [-0.1, -0.05) is 48.0 Å². The molecular weight excluding hydrogens is 400 g/mol. The van der Waals surface area contributed by atoms with Crippen molar-refractivity contribution in [2.24, 2.45) is 0 Å². The average molecular weight is 425 g/mol. The van der Waals surface area contributed by atoms with Crippen LogP contribution in [0.25, 0.3) is 0 Å². The molecule has 1 aliphatic rings. The number of carbonyl (C=O) groups excluding carboxylic acids is 1. The molecule has 6 nitrogen and oxygen atoms in total. The standard InChI is InChI=1S/C23H25ClN4O2/c1-17(18-6-3-2-4-7-18)25-23(29)21-16-30-22(26-21)15-27-10-12-28(13-11-27)20-9-5-8-19(24)14-20/h2-9,14,16-17H,10-13,15H2,1H3,(H,25,29). The average Bonchev–Trinajstić information content (AvgIpc) is 3.23. The van der Waals surface area contributed by atoms with Crippen LogP contribution in [0.1, 0.15) is 34.9 Å². The highest BCUT2D eigenvalue weighted by molar-refractivity contribution is 6.30. The van der Waals surface area contributed by atoms with Crippen LogP contribution in [-0.2, 0) is 6.54 Å². The van der Waals surface area contributed by atoms with Crippen molar-refractivity contribution in [2.75, 3.05) is 31.1 Å². The topological polar surface area (TPSA) is 61.6 Å². The molecule has 0 saturated carbocycles. The molecule has 1 aliphatic heterocycles. The Balaban J connectivity index is 1.29. The minimum atomic E-state index is -0.230. The summed E-state index contributed by atoms with van der Waals surface area (Å²) in [6, 6.07) is 17.7. The van der Waals surface area contributed by atoms with Crippen LogP contribution >= 0.6 is 11.6 Å². The Hall–Kier alpha value is -2.83. The number of hydrogen-bond acceptors (Lipinski definition) is 5. The van der Waals surface area contributed by atoms with E-state index in [1.54, 1.807) is 0 Å². The Labute approximate surface area is 181 Å². The summed E-state index contributed by atoms with van der Waals surface area (Å²) in [6.07, 6.45) is 1.44. The Morgan fingerprint density at radius 2 is 1.90 bits per heavy atom. The van der Waals surface area contributed by atoms with Crippen molar-refractivity contribution in [3.63, 3.8) is 0 Å². The minimum absolute atomic E-state index is 0.0987. The predicted molar refractivity (Wildman–Crippen MR) is 118 cm³/mol. The summed E-state index contributed by atoms with van der Waals surface area (Å²) in [4.78, 5) is 21.5. The number of carbonyl (C=O) groups is 1. The molecule has 1 unspecified atom stereocenters. The van der Waals surface area contributed by atoms with Crippen molar-refractivity contribution in [2.45, 2.75) is 19.5 Å². The van der Waals surface area contributed by atoms with Gasteiger partial charge in [-0.15, -0.1) is 0 Å². The number of piperazine rings is 1. The Morgan fingerprint density at radius 3 is 2.63 bits per heavy atom. The minimum Gasteiger partial charge on any atom is -0.447 e. The van der Waals surface area contributed by atoms with Gasteiger partial charge in [-0.05, 0) is 30.7 Å². The molecule has 1 fully saturated rings.